The van der Waals surface area contributed by atoms with E-state index in [1.807, 2.05) is 24.3 Å². The van der Waals surface area contributed by atoms with Crippen molar-refractivity contribution in [3.05, 3.63) is 35.4 Å². The molecule has 1 aliphatic rings. The Morgan fingerprint density at radius 2 is 2.00 bits per heavy atom. The van der Waals surface area contributed by atoms with Gasteiger partial charge in [-0.15, -0.1) is 0 Å². The Kier molecular flexibility index (Phi) is 2.66. The number of rotatable bonds is 2. The molecule has 0 unspecified atom stereocenters. The van der Waals surface area contributed by atoms with Gasteiger partial charge in [-0.2, -0.15) is 5.26 Å². The van der Waals surface area contributed by atoms with Crippen molar-refractivity contribution in [1.82, 2.24) is 0 Å². The van der Waals surface area contributed by atoms with Gasteiger partial charge in [0.15, 0.2) is 5.41 Å². The van der Waals surface area contributed by atoms with Crippen molar-refractivity contribution in [1.29, 1.82) is 5.26 Å². The van der Waals surface area contributed by atoms with Gasteiger partial charge in [0, 0.05) is 12.8 Å². The molecule has 0 atom stereocenters. The molecular weight excluding hydrogens is 202 g/mol. The van der Waals surface area contributed by atoms with Crippen molar-refractivity contribution >= 4 is 5.97 Å². The van der Waals surface area contributed by atoms with Crippen LogP contribution in [0.1, 0.15) is 18.1 Å². The van der Waals surface area contributed by atoms with Crippen molar-refractivity contribution < 1.29 is 9.53 Å². The fraction of sp³-hybridized carbons (Fsp3) is 0.385. The Hall–Kier alpha value is -1.82. The molecule has 0 saturated carbocycles. The maximum Gasteiger partial charge on any atom is 0.327 e. The molecule has 0 fully saturated rings. The molecule has 0 radical (unpaired) electrons. The van der Waals surface area contributed by atoms with Gasteiger partial charge in [0.2, 0.25) is 0 Å². The third-order valence-electron chi connectivity index (χ3n) is 2.98. The molecular formula is C13H13NO2. The SMILES string of the molecule is CCOC(=O)C1(C#N)Cc2ccccc2C1. The maximum atomic E-state index is 11.8. The number of nitrogens with zero attached hydrogens (tertiary/aromatic N) is 1. The average molecular weight is 215 g/mol. The van der Waals surface area contributed by atoms with Crippen LogP contribution in [0.25, 0.3) is 0 Å². The molecule has 0 saturated heterocycles. The summed E-state index contributed by atoms with van der Waals surface area (Å²) in [5.41, 5.74) is 1.16. The van der Waals surface area contributed by atoms with Crippen LogP contribution in [0, 0.1) is 16.7 Å². The fourth-order valence-electron chi connectivity index (χ4n) is 2.15. The minimum atomic E-state index is -1.00. The van der Waals surface area contributed by atoms with Gasteiger partial charge in [-0.3, -0.25) is 4.79 Å². The molecule has 1 aromatic carbocycles. The zero-order valence-electron chi connectivity index (χ0n) is 9.19. The molecule has 0 N–H and O–H groups in total. The summed E-state index contributed by atoms with van der Waals surface area (Å²) in [6.07, 6.45) is 0.941. The molecule has 0 bridgehead atoms. The summed E-state index contributed by atoms with van der Waals surface area (Å²) in [6, 6.07) is 9.92. The van der Waals surface area contributed by atoms with Crippen molar-refractivity contribution in [3.8, 4) is 6.07 Å². The van der Waals surface area contributed by atoms with Crippen LogP contribution < -0.4 is 0 Å². The lowest BCUT2D eigenvalue weighted by atomic mass is 9.87. The van der Waals surface area contributed by atoms with Gasteiger partial charge < -0.3 is 4.74 Å². The predicted octanol–water partition coefficient (Wildman–Crippen LogP) is 1.86. The van der Waals surface area contributed by atoms with E-state index in [4.69, 9.17) is 4.74 Å². The van der Waals surface area contributed by atoms with Gasteiger partial charge in [0.1, 0.15) is 0 Å². The summed E-state index contributed by atoms with van der Waals surface area (Å²) in [5, 5.41) is 9.23. The van der Waals surface area contributed by atoms with Crippen LogP contribution in [0.3, 0.4) is 0 Å². The van der Waals surface area contributed by atoms with Crippen LogP contribution >= 0.6 is 0 Å². The van der Waals surface area contributed by atoms with E-state index in [9.17, 15) is 10.1 Å². The Labute approximate surface area is 94.6 Å². The average Bonchev–Trinajstić information content (AvgIpc) is 2.69. The van der Waals surface area contributed by atoms with E-state index < -0.39 is 11.4 Å². The first kappa shape index (κ1) is 10.7. The highest BCUT2D eigenvalue weighted by atomic mass is 16.5. The quantitative estimate of drug-likeness (QED) is 0.707. The number of benzene rings is 1. The van der Waals surface area contributed by atoms with Gasteiger partial charge in [-0.1, -0.05) is 24.3 Å². The first-order valence-electron chi connectivity index (χ1n) is 5.37. The standard InChI is InChI=1S/C13H13NO2/c1-2-16-12(15)13(9-14)7-10-5-3-4-6-11(10)8-13/h3-6H,2,7-8H2,1H3. The largest absolute Gasteiger partial charge is 0.465 e. The van der Waals surface area contributed by atoms with Gasteiger partial charge in [-0.25, -0.2) is 0 Å². The third kappa shape index (κ3) is 1.57. The highest BCUT2D eigenvalue weighted by Gasteiger charge is 2.45. The third-order valence-corrected chi connectivity index (χ3v) is 2.98. The topological polar surface area (TPSA) is 50.1 Å². The monoisotopic (exact) mass is 215 g/mol. The minimum absolute atomic E-state index is 0.318. The van der Waals surface area contributed by atoms with Crippen LogP contribution in [0.4, 0.5) is 0 Å². The van der Waals surface area contributed by atoms with Gasteiger partial charge in [0.25, 0.3) is 0 Å². The van der Waals surface area contributed by atoms with Gasteiger partial charge in [-0.05, 0) is 18.1 Å². The first-order valence-corrected chi connectivity index (χ1v) is 5.37. The van der Waals surface area contributed by atoms with Crippen molar-refractivity contribution in [2.45, 2.75) is 19.8 Å². The number of hydrogen-bond acceptors (Lipinski definition) is 3. The predicted molar refractivity (Wildman–Crippen MR) is 58.5 cm³/mol. The van der Waals surface area contributed by atoms with Crippen LogP contribution in [-0.2, 0) is 22.4 Å². The van der Waals surface area contributed by atoms with E-state index in [-0.39, 0.29) is 0 Å². The smallest absolute Gasteiger partial charge is 0.327 e. The zero-order chi connectivity index (χ0) is 11.6. The van der Waals surface area contributed by atoms with E-state index in [2.05, 4.69) is 6.07 Å². The van der Waals surface area contributed by atoms with Crippen molar-refractivity contribution in [2.75, 3.05) is 6.61 Å². The maximum absolute atomic E-state index is 11.8. The second kappa shape index (κ2) is 3.97. The van der Waals surface area contributed by atoms with E-state index in [0.29, 0.717) is 19.4 Å². The lowest BCUT2D eigenvalue weighted by molar-refractivity contribution is -0.151. The van der Waals surface area contributed by atoms with Crippen molar-refractivity contribution in [3.63, 3.8) is 0 Å². The summed E-state index contributed by atoms with van der Waals surface area (Å²) in [4.78, 5) is 11.8. The Morgan fingerprint density at radius 1 is 1.44 bits per heavy atom. The second-order valence-electron chi connectivity index (χ2n) is 4.04. The molecule has 3 nitrogen and oxygen atoms in total. The number of carbonyl (C=O) groups is 1. The van der Waals surface area contributed by atoms with E-state index in [1.54, 1.807) is 6.92 Å². The highest BCUT2D eigenvalue weighted by molar-refractivity contribution is 5.82. The van der Waals surface area contributed by atoms with E-state index in [1.165, 1.54) is 0 Å². The Morgan fingerprint density at radius 3 is 2.44 bits per heavy atom. The molecule has 0 spiro atoms. The molecule has 82 valence electrons. The number of hydrogen-bond donors (Lipinski definition) is 0. The van der Waals surface area contributed by atoms with Gasteiger partial charge >= 0.3 is 5.97 Å². The number of carbonyl (C=O) groups excluding carboxylic acids is 1. The van der Waals surface area contributed by atoms with Crippen LogP contribution in [0.15, 0.2) is 24.3 Å². The summed E-state index contributed by atoms with van der Waals surface area (Å²) in [6.45, 7) is 2.07. The lowest BCUT2D eigenvalue weighted by Gasteiger charge is -2.17. The molecule has 1 aliphatic carbocycles. The molecule has 16 heavy (non-hydrogen) atoms. The Bertz CT molecular complexity index is 434. The summed E-state index contributed by atoms with van der Waals surface area (Å²) in [7, 11) is 0. The molecule has 0 heterocycles. The summed E-state index contributed by atoms with van der Waals surface area (Å²) >= 11 is 0. The normalized spacial score (nSPS) is 16.2. The Balaban J connectivity index is 2.30. The molecule has 1 aromatic rings. The highest BCUT2D eigenvalue weighted by Crippen LogP contribution is 2.37. The lowest BCUT2D eigenvalue weighted by Crippen LogP contribution is -2.32. The number of ether oxygens (including phenoxy) is 1. The molecule has 0 aromatic heterocycles. The van der Waals surface area contributed by atoms with Crippen LogP contribution in [0.5, 0.6) is 0 Å². The van der Waals surface area contributed by atoms with E-state index >= 15 is 0 Å². The number of nitriles is 1. The van der Waals surface area contributed by atoms with Crippen LogP contribution in [0.2, 0.25) is 0 Å². The minimum Gasteiger partial charge on any atom is -0.465 e. The first-order chi connectivity index (χ1) is 7.72. The van der Waals surface area contributed by atoms with Crippen molar-refractivity contribution in [2.24, 2.45) is 5.41 Å². The van der Waals surface area contributed by atoms with Gasteiger partial charge in [0.05, 0.1) is 12.7 Å². The summed E-state index contributed by atoms with van der Waals surface area (Å²) < 4.78 is 4.99. The van der Waals surface area contributed by atoms with E-state index in [0.717, 1.165) is 11.1 Å². The summed E-state index contributed by atoms with van der Waals surface area (Å²) in [5.74, 6) is -0.395. The molecule has 0 amide bonds. The number of esters is 1. The molecule has 3 heteroatoms. The molecule has 2 rings (SSSR count). The van der Waals surface area contributed by atoms with Crippen LogP contribution in [-0.4, -0.2) is 12.6 Å². The second-order valence-corrected chi connectivity index (χ2v) is 4.04. The molecule has 0 aliphatic heterocycles. The fourth-order valence-corrected chi connectivity index (χ4v) is 2.15. The zero-order valence-corrected chi connectivity index (χ0v) is 9.19. The number of fused-ring (bicyclic) bond motifs is 1.